The molecule has 0 aliphatic heterocycles. The zero-order chi connectivity index (χ0) is 17.3. The second-order valence-electron chi connectivity index (χ2n) is 7.11. The monoisotopic (exact) mass is 340 g/mol. The highest BCUT2D eigenvalue weighted by atomic mass is 19.4. The Kier molecular flexibility index (Phi) is 4.85. The van der Waals surface area contributed by atoms with Crippen LogP contribution in [0.5, 0.6) is 0 Å². The Morgan fingerprint density at radius 2 is 1.79 bits per heavy atom. The molecule has 2 bridgehead atoms. The van der Waals surface area contributed by atoms with Gasteiger partial charge < -0.3 is 11.1 Å². The number of benzene rings is 1. The van der Waals surface area contributed by atoms with Gasteiger partial charge in [-0.2, -0.15) is 13.2 Å². The molecule has 0 heterocycles. The Morgan fingerprint density at radius 3 is 2.42 bits per heavy atom. The molecule has 0 radical (unpaired) electrons. The number of hydrogen-bond acceptors (Lipinski definition) is 2. The quantitative estimate of drug-likeness (QED) is 0.887. The van der Waals surface area contributed by atoms with Crippen molar-refractivity contribution in [2.75, 3.05) is 0 Å². The zero-order valence-corrected chi connectivity index (χ0v) is 13.5. The summed E-state index contributed by atoms with van der Waals surface area (Å²) in [6.07, 6.45) is 0.317. The van der Waals surface area contributed by atoms with E-state index >= 15 is 0 Å². The van der Waals surface area contributed by atoms with Gasteiger partial charge in [-0.1, -0.05) is 24.6 Å². The standard InChI is InChI=1S/C18H23F3N2O/c19-18(20,21)15-7-2-1-4-11(15)10-16(24)23-17-12-5-3-6-13(17)9-14(22)8-12/h1-2,4,7,12-14,17H,3,5-6,8-10,22H2,(H,23,24). The second-order valence-corrected chi connectivity index (χ2v) is 7.11. The van der Waals surface area contributed by atoms with Crippen LogP contribution in [-0.4, -0.2) is 18.0 Å². The Balaban J connectivity index is 1.69. The van der Waals surface area contributed by atoms with Gasteiger partial charge in [0.15, 0.2) is 0 Å². The molecule has 2 aliphatic carbocycles. The largest absolute Gasteiger partial charge is 0.416 e. The maximum atomic E-state index is 13.0. The summed E-state index contributed by atoms with van der Waals surface area (Å²) in [6.45, 7) is 0. The fraction of sp³-hybridized carbons (Fsp3) is 0.611. The Hall–Kier alpha value is -1.56. The second kappa shape index (κ2) is 6.75. The number of amides is 1. The predicted molar refractivity (Wildman–Crippen MR) is 85.1 cm³/mol. The third kappa shape index (κ3) is 3.74. The van der Waals surface area contributed by atoms with E-state index < -0.39 is 11.7 Å². The van der Waals surface area contributed by atoms with Gasteiger partial charge in [0.1, 0.15) is 0 Å². The van der Waals surface area contributed by atoms with E-state index in [4.69, 9.17) is 5.73 Å². The van der Waals surface area contributed by atoms with Crippen LogP contribution in [-0.2, 0) is 17.4 Å². The number of fused-ring (bicyclic) bond motifs is 2. The fourth-order valence-electron chi connectivity index (χ4n) is 4.39. The van der Waals surface area contributed by atoms with Gasteiger partial charge in [-0.05, 0) is 49.1 Å². The van der Waals surface area contributed by atoms with Crippen LogP contribution in [0.15, 0.2) is 24.3 Å². The number of nitrogens with two attached hydrogens (primary N) is 1. The van der Waals surface area contributed by atoms with E-state index in [0.29, 0.717) is 11.8 Å². The lowest BCUT2D eigenvalue weighted by molar-refractivity contribution is -0.138. The van der Waals surface area contributed by atoms with E-state index in [2.05, 4.69) is 5.32 Å². The van der Waals surface area contributed by atoms with Crippen molar-refractivity contribution in [3.05, 3.63) is 35.4 Å². The highest BCUT2D eigenvalue weighted by Crippen LogP contribution is 2.39. The first-order chi connectivity index (χ1) is 11.3. The molecule has 1 amide bonds. The molecular formula is C18H23F3N2O. The molecule has 2 saturated carbocycles. The average molecular weight is 340 g/mol. The van der Waals surface area contributed by atoms with Gasteiger partial charge in [0.2, 0.25) is 5.91 Å². The minimum Gasteiger partial charge on any atom is -0.353 e. The Labute approximate surface area is 139 Å². The van der Waals surface area contributed by atoms with Crippen molar-refractivity contribution < 1.29 is 18.0 Å². The number of nitrogens with one attached hydrogen (secondary N) is 1. The molecule has 1 aromatic carbocycles. The Morgan fingerprint density at radius 1 is 1.17 bits per heavy atom. The van der Waals surface area contributed by atoms with Gasteiger partial charge in [0, 0.05) is 12.1 Å². The lowest BCUT2D eigenvalue weighted by Crippen LogP contribution is -2.54. The van der Waals surface area contributed by atoms with Crippen LogP contribution in [0.1, 0.15) is 43.2 Å². The molecule has 3 nitrogen and oxygen atoms in total. The van der Waals surface area contributed by atoms with Crippen LogP contribution in [0.2, 0.25) is 0 Å². The smallest absolute Gasteiger partial charge is 0.353 e. The highest BCUT2D eigenvalue weighted by molar-refractivity contribution is 5.79. The zero-order valence-electron chi connectivity index (χ0n) is 13.5. The van der Waals surface area contributed by atoms with Crippen molar-refractivity contribution in [3.8, 4) is 0 Å². The molecule has 0 saturated heterocycles. The molecule has 0 spiro atoms. The maximum absolute atomic E-state index is 13.0. The number of hydrogen-bond donors (Lipinski definition) is 2. The third-order valence-electron chi connectivity index (χ3n) is 5.38. The summed E-state index contributed by atoms with van der Waals surface area (Å²) in [5.41, 5.74) is 5.37. The van der Waals surface area contributed by atoms with Gasteiger partial charge in [-0.15, -0.1) is 0 Å². The van der Waals surface area contributed by atoms with Crippen molar-refractivity contribution in [3.63, 3.8) is 0 Å². The lowest BCUT2D eigenvalue weighted by Gasteiger charge is -2.45. The van der Waals surface area contributed by atoms with Crippen molar-refractivity contribution in [1.29, 1.82) is 0 Å². The van der Waals surface area contributed by atoms with Crippen molar-refractivity contribution >= 4 is 5.91 Å². The molecule has 1 aromatic rings. The van der Waals surface area contributed by atoms with E-state index in [1.165, 1.54) is 18.2 Å². The highest BCUT2D eigenvalue weighted by Gasteiger charge is 2.40. The topological polar surface area (TPSA) is 55.1 Å². The molecule has 3 N–H and O–H groups in total. The van der Waals surface area contributed by atoms with Crippen LogP contribution < -0.4 is 11.1 Å². The summed E-state index contributed by atoms with van der Waals surface area (Å²) in [7, 11) is 0. The van der Waals surface area contributed by atoms with Crippen molar-refractivity contribution in [2.45, 2.75) is 56.8 Å². The van der Waals surface area contributed by atoms with E-state index in [-0.39, 0.29) is 30.0 Å². The number of alkyl halides is 3. The van der Waals surface area contributed by atoms with Crippen LogP contribution in [0, 0.1) is 11.8 Å². The van der Waals surface area contributed by atoms with Gasteiger partial charge >= 0.3 is 6.18 Å². The normalized spacial score (nSPS) is 30.0. The molecule has 2 aliphatic rings. The summed E-state index contributed by atoms with van der Waals surface area (Å²) < 4.78 is 39.1. The fourth-order valence-corrected chi connectivity index (χ4v) is 4.39. The summed E-state index contributed by atoms with van der Waals surface area (Å²) in [5.74, 6) is 0.382. The number of carbonyl (C=O) groups is 1. The van der Waals surface area contributed by atoms with E-state index in [1.807, 2.05) is 0 Å². The Bertz CT molecular complexity index is 588. The van der Waals surface area contributed by atoms with Crippen molar-refractivity contribution in [2.24, 2.45) is 17.6 Å². The van der Waals surface area contributed by atoms with E-state index in [9.17, 15) is 18.0 Å². The minimum absolute atomic E-state index is 0.0279. The maximum Gasteiger partial charge on any atom is 0.416 e. The molecule has 132 valence electrons. The summed E-state index contributed by atoms with van der Waals surface area (Å²) >= 11 is 0. The summed E-state index contributed by atoms with van der Waals surface area (Å²) in [4.78, 5) is 12.4. The van der Waals surface area contributed by atoms with Gasteiger partial charge in [-0.3, -0.25) is 4.79 Å². The van der Waals surface area contributed by atoms with Crippen LogP contribution in [0.25, 0.3) is 0 Å². The molecule has 0 aromatic heterocycles. The first-order valence-corrected chi connectivity index (χ1v) is 8.54. The molecule has 2 unspecified atom stereocenters. The molecule has 2 fully saturated rings. The van der Waals surface area contributed by atoms with Gasteiger partial charge in [0.25, 0.3) is 0 Å². The van der Waals surface area contributed by atoms with Gasteiger partial charge in [0.05, 0.1) is 12.0 Å². The lowest BCUT2D eigenvalue weighted by atomic mass is 9.67. The van der Waals surface area contributed by atoms with Gasteiger partial charge in [-0.25, -0.2) is 0 Å². The number of carbonyl (C=O) groups excluding carboxylic acids is 1. The van der Waals surface area contributed by atoms with E-state index in [0.717, 1.165) is 38.2 Å². The minimum atomic E-state index is -4.44. The molecule has 2 atom stereocenters. The predicted octanol–water partition coefficient (Wildman–Crippen LogP) is 3.27. The molecule has 24 heavy (non-hydrogen) atoms. The molecule has 3 rings (SSSR count). The molecule has 6 heteroatoms. The average Bonchev–Trinajstić information content (AvgIpc) is 2.47. The summed E-state index contributed by atoms with van der Waals surface area (Å²) in [6, 6.07) is 5.52. The van der Waals surface area contributed by atoms with Crippen molar-refractivity contribution in [1.82, 2.24) is 5.32 Å². The first kappa shape index (κ1) is 17.3. The SMILES string of the molecule is NC1CC2CCCC(C1)C2NC(=O)Cc1ccccc1C(F)(F)F. The molecular weight excluding hydrogens is 317 g/mol. The van der Waals surface area contributed by atoms with Crippen LogP contribution >= 0.6 is 0 Å². The van der Waals surface area contributed by atoms with Crippen LogP contribution in [0.4, 0.5) is 13.2 Å². The first-order valence-electron chi connectivity index (χ1n) is 8.54. The summed E-state index contributed by atoms with van der Waals surface area (Å²) in [5, 5.41) is 3.01. The number of halogens is 3. The number of rotatable bonds is 3. The van der Waals surface area contributed by atoms with Crippen LogP contribution in [0.3, 0.4) is 0 Å². The third-order valence-corrected chi connectivity index (χ3v) is 5.38. The van der Waals surface area contributed by atoms with E-state index in [1.54, 1.807) is 0 Å².